The van der Waals surface area contributed by atoms with E-state index in [-0.39, 0.29) is 11.9 Å². The van der Waals surface area contributed by atoms with Gasteiger partial charge < -0.3 is 20.9 Å². The van der Waals surface area contributed by atoms with Crippen LogP contribution < -0.4 is 11.1 Å². The van der Waals surface area contributed by atoms with Crippen LogP contribution in [0.15, 0.2) is 41.2 Å². The number of carbonyl (C=O) groups is 1. The fourth-order valence-corrected chi connectivity index (χ4v) is 4.00. The third-order valence-electron chi connectivity index (χ3n) is 5.41. The van der Waals surface area contributed by atoms with Crippen molar-refractivity contribution < 1.29 is 4.79 Å². The van der Waals surface area contributed by atoms with E-state index < -0.39 is 0 Å². The van der Waals surface area contributed by atoms with Gasteiger partial charge in [0.1, 0.15) is 5.69 Å². The van der Waals surface area contributed by atoms with Crippen LogP contribution >= 0.6 is 0 Å². The minimum atomic E-state index is 0.0480. The summed E-state index contributed by atoms with van der Waals surface area (Å²) in [5.74, 6) is 0.0480. The third-order valence-corrected chi connectivity index (χ3v) is 5.41. The minimum Gasteiger partial charge on any atom is -0.404 e. The van der Waals surface area contributed by atoms with Gasteiger partial charge in [0.2, 0.25) is 0 Å². The molecule has 1 amide bonds. The standard InChI is InChI=1S/C21H30N6O/c1-3-27(21(28)20-11-19-18(26-20)8-5-9-24-19)17-7-4-6-16(10-17)25-14-15(12-22)13-23-2/h5,8-9,11-13,16-17,25-26H,3-4,6-7,10,14,22H2,1-2H3. The Labute approximate surface area is 166 Å². The number of nitrogens with one attached hydrogen (secondary N) is 2. The molecule has 2 aromatic heterocycles. The number of hydrogen-bond donors (Lipinski definition) is 3. The molecule has 2 unspecified atom stereocenters. The zero-order valence-electron chi connectivity index (χ0n) is 16.7. The summed E-state index contributed by atoms with van der Waals surface area (Å²) in [5, 5.41) is 3.57. The lowest BCUT2D eigenvalue weighted by atomic mass is 9.89. The molecule has 2 heterocycles. The van der Waals surface area contributed by atoms with Crippen molar-refractivity contribution in [3.05, 3.63) is 41.9 Å². The van der Waals surface area contributed by atoms with Crippen molar-refractivity contribution in [3.8, 4) is 0 Å². The van der Waals surface area contributed by atoms with E-state index in [2.05, 4.69) is 20.3 Å². The molecular weight excluding hydrogens is 352 g/mol. The van der Waals surface area contributed by atoms with Gasteiger partial charge in [-0.2, -0.15) is 0 Å². The zero-order chi connectivity index (χ0) is 19.9. The van der Waals surface area contributed by atoms with E-state index in [1.807, 2.05) is 30.0 Å². The number of pyridine rings is 1. The number of aromatic nitrogens is 2. The molecule has 0 radical (unpaired) electrons. The fourth-order valence-electron chi connectivity index (χ4n) is 4.00. The summed E-state index contributed by atoms with van der Waals surface area (Å²) >= 11 is 0. The molecule has 0 aliphatic heterocycles. The number of nitrogens with zero attached hydrogens (tertiary/aromatic N) is 3. The highest BCUT2D eigenvalue weighted by atomic mass is 16.2. The number of amides is 1. The van der Waals surface area contributed by atoms with Crippen molar-refractivity contribution >= 4 is 23.2 Å². The monoisotopic (exact) mass is 382 g/mol. The van der Waals surface area contributed by atoms with Gasteiger partial charge in [-0.3, -0.25) is 14.8 Å². The number of hydrogen-bond acceptors (Lipinski definition) is 5. The van der Waals surface area contributed by atoms with Crippen LogP contribution in [0.25, 0.3) is 11.0 Å². The van der Waals surface area contributed by atoms with Crippen molar-refractivity contribution in [3.63, 3.8) is 0 Å². The largest absolute Gasteiger partial charge is 0.404 e. The topological polar surface area (TPSA) is 99.4 Å². The van der Waals surface area contributed by atoms with Gasteiger partial charge in [0.15, 0.2) is 0 Å². The van der Waals surface area contributed by atoms with E-state index in [1.54, 1.807) is 25.7 Å². The molecule has 28 heavy (non-hydrogen) atoms. The lowest BCUT2D eigenvalue weighted by Crippen LogP contribution is -2.47. The van der Waals surface area contributed by atoms with Crippen LogP contribution in [0.3, 0.4) is 0 Å². The lowest BCUT2D eigenvalue weighted by Gasteiger charge is -2.37. The molecule has 1 aliphatic carbocycles. The summed E-state index contributed by atoms with van der Waals surface area (Å²) in [5.41, 5.74) is 8.95. The van der Waals surface area contributed by atoms with E-state index in [4.69, 9.17) is 5.73 Å². The molecular formula is C21H30N6O. The molecule has 1 saturated carbocycles. The second-order valence-corrected chi connectivity index (χ2v) is 7.24. The highest BCUT2D eigenvalue weighted by molar-refractivity contribution is 5.97. The molecule has 1 fully saturated rings. The van der Waals surface area contributed by atoms with Crippen LogP contribution in [0.5, 0.6) is 0 Å². The minimum absolute atomic E-state index is 0.0480. The number of aliphatic imine (C=N–C) groups is 1. The highest BCUT2D eigenvalue weighted by Gasteiger charge is 2.30. The van der Waals surface area contributed by atoms with Gasteiger partial charge in [0.25, 0.3) is 5.91 Å². The summed E-state index contributed by atoms with van der Waals surface area (Å²) in [6.07, 6.45) is 9.30. The highest BCUT2D eigenvalue weighted by Crippen LogP contribution is 2.25. The predicted molar refractivity (Wildman–Crippen MR) is 114 cm³/mol. The van der Waals surface area contributed by atoms with Crippen LogP contribution in [0.4, 0.5) is 0 Å². The van der Waals surface area contributed by atoms with Gasteiger partial charge in [-0.15, -0.1) is 0 Å². The summed E-state index contributed by atoms with van der Waals surface area (Å²) in [4.78, 5) is 26.7. The Hall–Kier alpha value is -2.67. The first-order valence-electron chi connectivity index (χ1n) is 9.97. The van der Waals surface area contributed by atoms with E-state index in [9.17, 15) is 4.79 Å². The van der Waals surface area contributed by atoms with Gasteiger partial charge in [-0.25, -0.2) is 0 Å². The van der Waals surface area contributed by atoms with E-state index in [1.165, 1.54) is 0 Å². The Morgan fingerprint density at radius 1 is 1.50 bits per heavy atom. The first kappa shape index (κ1) is 20.1. The number of fused-ring (bicyclic) bond motifs is 1. The summed E-state index contributed by atoms with van der Waals surface area (Å²) < 4.78 is 0. The third kappa shape index (κ3) is 4.59. The number of carbonyl (C=O) groups excluding carboxylic acids is 1. The predicted octanol–water partition coefficient (Wildman–Crippen LogP) is 2.47. The van der Waals surface area contributed by atoms with Gasteiger partial charge in [0.05, 0.1) is 11.0 Å². The molecule has 0 spiro atoms. The molecule has 0 saturated heterocycles. The second kappa shape index (κ2) is 9.50. The maximum absolute atomic E-state index is 13.2. The first-order valence-corrected chi connectivity index (χ1v) is 9.97. The molecule has 0 bridgehead atoms. The van der Waals surface area contributed by atoms with Gasteiger partial charge in [-0.1, -0.05) is 0 Å². The summed E-state index contributed by atoms with van der Waals surface area (Å²) in [6, 6.07) is 6.26. The molecule has 150 valence electrons. The van der Waals surface area contributed by atoms with Crippen molar-refractivity contribution in [2.75, 3.05) is 20.1 Å². The lowest BCUT2D eigenvalue weighted by molar-refractivity contribution is 0.0624. The molecule has 7 heteroatoms. The van der Waals surface area contributed by atoms with Crippen molar-refractivity contribution in [1.29, 1.82) is 0 Å². The smallest absolute Gasteiger partial charge is 0.270 e. The Kier molecular flexibility index (Phi) is 6.81. The molecule has 2 atom stereocenters. The summed E-state index contributed by atoms with van der Waals surface area (Å²) in [6.45, 7) is 3.43. The van der Waals surface area contributed by atoms with Gasteiger partial charge in [-0.05, 0) is 62.6 Å². The SMILES string of the molecule is CCN(C(=O)c1cc2ncccc2[nH]1)C1CCCC(NCC(C=NC)=CN)C1. The average molecular weight is 383 g/mol. The molecule has 0 aromatic carbocycles. The van der Waals surface area contributed by atoms with Crippen LogP contribution in [-0.2, 0) is 0 Å². The quantitative estimate of drug-likeness (QED) is 0.641. The summed E-state index contributed by atoms with van der Waals surface area (Å²) in [7, 11) is 1.74. The number of nitrogens with two attached hydrogens (primary N) is 1. The maximum atomic E-state index is 13.2. The average Bonchev–Trinajstić information content (AvgIpc) is 3.16. The Morgan fingerprint density at radius 3 is 3.07 bits per heavy atom. The molecule has 7 nitrogen and oxygen atoms in total. The van der Waals surface area contributed by atoms with E-state index in [0.29, 0.717) is 24.8 Å². The van der Waals surface area contributed by atoms with E-state index in [0.717, 1.165) is 42.3 Å². The second-order valence-electron chi connectivity index (χ2n) is 7.24. The van der Waals surface area contributed by atoms with E-state index >= 15 is 0 Å². The molecule has 2 aromatic rings. The Balaban J connectivity index is 1.66. The van der Waals surface area contributed by atoms with Crippen molar-refractivity contribution in [1.82, 2.24) is 20.2 Å². The number of aromatic amines is 1. The Bertz CT molecular complexity index is 822. The van der Waals surface area contributed by atoms with Crippen LogP contribution in [0, 0.1) is 0 Å². The Morgan fingerprint density at radius 2 is 2.36 bits per heavy atom. The number of H-pyrrole nitrogens is 1. The maximum Gasteiger partial charge on any atom is 0.270 e. The fraction of sp³-hybridized carbons (Fsp3) is 0.476. The normalized spacial score (nSPS) is 20.7. The molecule has 4 N–H and O–H groups in total. The van der Waals surface area contributed by atoms with Crippen LogP contribution in [-0.4, -0.2) is 59.2 Å². The van der Waals surface area contributed by atoms with Crippen molar-refractivity contribution in [2.24, 2.45) is 10.7 Å². The van der Waals surface area contributed by atoms with Crippen molar-refractivity contribution in [2.45, 2.75) is 44.7 Å². The van der Waals surface area contributed by atoms with Gasteiger partial charge >= 0.3 is 0 Å². The van der Waals surface area contributed by atoms with Gasteiger partial charge in [0, 0.05) is 44.6 Å². The van der Waals surface area contributed by atoms with Crippen LogP contribution in [0.1, 0.15) is 43.1 Å². The molecule has 1 aliphatic rings. The zero-order valence-corrected chi connectivity index (χ0v) is 16.7. The number of rotatable bonds is 7. The molecule has 3 rings (SSSR count). The first-order chi connectivity index (χ1) is 13.7. The van der Waals surface area contributed by atoms with Crippen LogP contribution in [0.2, 0.25) is 0 Å².